The van der Waals surface area contributed by atoms with Gasteiger partial charge in [-0.2, -0.15) is 0 Å². The van der Waals surface area contributed by atoms with Gasteiger partial charge in [0.1, 0.15) is 0 Å². The summed E-state index contributed by atoms with van der Waals surface area (Å²) in [5, 5.41) is 6.76. The zero-order chi connectivity index (χ0) is 17.2. The standard InChI is InChI=1S/C18H17N5O2/c1-11-9-16(25-23-11)18(24)22-15-4-2-3-14-13(15)10-20-17(21-14)12-5-7-19-8-6-12/h5-10,15H,2-4H2,1H3,(H,22,24)/t15-/m1/s1. The van der Waals surface area contributed by atoms with E-state index < -0.39 is 0 Å². The fourth-order valence-electron chi connectivity index (χ4n) is 3.04. The van der Waals surface area contributed by atoms with Crippen molar-refractivity contribution < 1.29 is 9.32 Å². The summed E-state index contributed by atoms with van der Waals surface area (Å²) in [5.74, 6) is 0.634. The van der Waals surface area contributed by atoms with Crippen molar-refractivity contribution in [3.63, 3.8) is 0 Å². The van der Waals surface area contributed by atoms with Crippen LogP contribution in [0.25, 0.3) is 11.4 Å². The second-order valence-electron chi connectivity index (χ2n) is 6.08. The van der Waals surface area contributed by atoms with E-state index in [-0.39, 0.29) is 17.7 Å². The van der Waals surface area contributed by atoms with E-state index in [9.17, 15) is 4.79 Å². The molecule has 0 saturated heterocycles. The van der Waals surface area contributed by atoms with Gasteiger partial charge in [0, 0.05) is 41.5 Å². The Balaban J connectivity index is 1.59. The van der Waals surface area contributed by atoms with E-state index in [0.717, 1.165) is 36.1 Å². The third kappa shape index (κ3) is 3.13. The second-order valence-corrected chi connectivity index (χ2v) is 6.08. The monoisotopic (exact) mass is 335 g/mol. The lowest BCUT2D eigenvalue weighted by Gasteiger charge is -2.25. The van der Waals surface area contributed by atoms with Crippen LogP contribution in [0.2, 0.25) is 0 Å². The van der Waals surface area contributed by atoms with E-state index in [0.29, 0.717) is 11.5 Å². The van der Waals surface area contributed by atoms with Crippen LogP contribution in [0.15, 0.2) is 41.3 Å². The van der Waals surface area contributed by atoms with Crippen molar-refractivity contribution in [1.82, 2.24) is 25.4 Å². The molecule has 7 heteroatoms. The molecule has 3 heterocycles. The van der Waals surface area contributed by atoms with Gasteiger partial charge >= 0.3 is 0 Å². The van der Waals surface area contributed by atoms with E-state index in [4.69, 9.17) is 9.51 Å². The Hall–Kier alpha value is -3.09. The van der Waals surface area contributed by atoms with Crippen molar-refractivity contribution in [2.45, 2.75) is 32.2 Å². The van der Waals surface area contributed by atoms with E-state index in [2.05, 4.69) is 20.4 Å². The number of hydrogen-bond acceptors (Lipinski definition) is 6. The van der Waals surface area contributed by atoms with Gasteiger partial charge in [0.05, 0.1) is 11.7 Å². The minimum atomic E-state index is -0.267. The molecule has 0 aromatic carbocycles. The molecule has 0 radical (unpaired) electrons. The second kappa shape index (κ2) is 6.43. The van der Waals surface area contributed by atoms with Crippen molar-refractivity contribution >= 4 is 5.91 Å². The zero-order valence-electron chi connectivity index (χ0n) is 13.8. The van der Waals surface area contributed by atoms with E-state index in [1.165, 1.54) is 0 Å². The average Bonchev–Trinajstić information content (AvgIpc) is 3.09. The molecule has 4 rings (SSSR count). The molecular formula is C18H17N5O2. The van der Waals surface area contributed by atoms with Crippen molar-refractivity contribution in [1.29, 1.82) is 0 Å². The number of nitrogens with zero attached hydrogens (tertiary/aromatic N) is 4. The Morgan fingerprint density at radius 3 is 2.92 bits per heavy atom. The predicted octanol–water partition coefficient (Wildman–Crippen LogP) is 2.64. The summed E-state index contributed by atoms with van der Waals surface area (Å²) in [6, 6.07) is 5.28. The Labute approximate surface area is 144 Å². The highest BCUT2D eigenvalue weighted by molar-refractivity contribution is 5.91. The van der Waals surface area contributed by atoms with Gasteiger partial charge in [-0.25, -0.2) is 9.97 Å². The van der Waals surface area contributed by atoms with Gasteiger partial charge < -0.3 is 9.84 Å². The summed E-state index contributed by atoms with van der Waals surface area (Å²) in [4.78, 5) is 25.5. The summed E-state index contributed by atoms with van der Waals surface area (Å²) >= 11 is 0. The van der Waals surface area contributed by atoms with E-state index in [1.54, 1.807) is 25.4 Å². The summed E-state index contributed by atoms with van der Waals surface area (Å²) < 4.78 is 5.03. The Kier molecular flexibility index (Phi) is 3.97. The van der Waals surface area contributed by atoms with Crippen LogP contribution in [-0.2, 0) is 6.42 Å². The summed E-state index contributed by atoms with van der Waals surface area (Å²) in [6.45, 7) is 1.78. The average molecular weight is 335 g/mol. The molecule has 126 valence electrons. The van der Waals surface area contributed by atoms with Crippen LogP contribution in [0, 0.1) is 6.92 Å². The molecule has 0 saturated carbocycles. The summed E-state index contributed by atoms with van der Waals surface area (Å²) in [5.41, 5.74) is 3.56. The third-order valence-electron chi connectivity index (χ3n) is 4.28. The Morgan fingerprint density at radius 2 is 2.16 bits per heavy atom. The molecule has 1 N–H and O–H groups in total. The number of aryl methyl sites for hydroxylation is 2. The number of pyridine rings is 1. The molecule has 7 nitrogen and oxygen atoms in total. The lowest BCUT2D eigenvalue weighted by molar-refractivity contribution is 0.0895. The van der Waals surface area contributed by atoms with Gasteiger partial charge in [-0.1, -0.05) is 5.16 Å². The Bertz CT molecular complexity index is 907. The van der Waals surface area contributed by atoms with Crippen LogP contribution in [-0.4, -0.2) is 26.0 Å². The molecule has 0 aliphatic heterocycles. The number of carbonyl (C=O) groups excluding carboxylic acids is 1. The molecule has 0 bridgehead atoms. The van der Waals surface area contributed by atoms with E-state index in [1.807, 2.05) is 18.3 Å². The van der Waals surface area contributed by atoms with Crippen LogP contribution in [0.1, 0.15) is 46.4 Å². The lowest BCUT2D eigenvalue weighted by atomic mass is 9.92. The van der Waals surface area contributed by atoms with Gasteiger partial charge in [-0.3, -0.25) is 9.78 Å². The van der Waals surface area contributed by atoms with Crippen molar-refractivity contribution in [2.75, 3.05) is 0 Å². The van der Waals surface area contributed by atoms with Crippen molar-refractivity contribution in [3.05, 3.63) is 59.5 Å². The smallest absolute Gasteiger partial charge is 0.290 e. The van der Waals surface area contributed by atoms with Crippen LogP contribution >= 0.6 is 0 Å². The molecule has 1 atom stereocenters. The first-order chi connectivity index (χ1) is 12.2. The first kappa shape index (κ1) is 15.4. The number of nitrogens with one attached hydrogen (secondary N) is 1. The first-order valence-electron chi connectivity index (χ1n) is 8.21. The highest BCUT2D eigenvalue weighted by Crippen LogP contribution is 2.29. The van der Waals surface area contributed by atoms with Gasteiger partial charge in [-0.15, -0.1) is 0 Å². The first-order valence-corrected chi connectivity index (χ1v) is 8.21. The molecule has 0 fully saturated rings. The van der Waals surface area contributed by atoms with Crippen molar-refractivity contribution in [3.8, 4) is 11.4 Å². The van der Waals surface area contributed by atoms with Gasteiger partial charge in [0.25, 0.3) is 5.91 Å². The van der Waals surface area contributed by atoms with Gasteiger partial charge in [0.2, 0.25) is 5.76 Å². The van der Waals surface area contributed by atoms with Crippen LogP contribution in [0.4, 0.5) is 0 Å². The minimum Gasteiger partial charge on any atom is -0.351 e. The molecule has 3 aromatic rings. The molecule has 1 amide bonds. The molecule has 1 aliphatic rings. The quantitative estimate of drug-likeness (QED) is 0.791. The molecule has 0 unspecified atom stereocenters. The molecule has 3 aromatic heterocycles. The fourth-order valence-corrected chi connectivity index (χ4v) is 3.04. The van der Waals surface area contributed by atoms with Gasteiger partial charge in [0.15, 0.2) is 5.82 Å². The third-order valence-corrected chi connectivity index (χ3v) is 4.28. The Morgan fingerprint density at radius 1 is 1.32 bits per heavy atom. The largest absolute Gasteiger partial charge is 0.351 e. The highest BCUT2D eigenvalue weighted by Gasteiger charge is 2.25. The minimum absolute atomic E-state index is 0.117. The maximum Gasteiger partial charge on any atom is 0.290 e. The SMILES string of the molecule is Cc1cc(C(=O)N[C@@H]2CCCc3nc(-c4ccncc4)ncc32)on1. The molecule has 25 heavy (non-hydrogen) atoms. The van der Waals surface area contributed by atoms with E-state index >= 15 is 0 Å². The van der Waals surface area contributed by atoms with Crippen LogP contribution in [0.3, 0.4) is 0 Å². The maximum absolute atomic E-state index is 12.3. The maximum atomic E-state index is 12.3. The highest BCUT2D eigenvalue weighted by atomic mass is 16.5. The normalized spacial score (nSPS) is 16.3. The number of amides is 1. The van der Waals surface area contributed by atoms with Gasteiger partial charge in [-0.05, 0) is 38.3 Å². The number of carbonyl (C=O) groups is 1. The fraction of sp³-hybridized carbons (Fsp3) is 0.278. The number of fused-ring (bicyclic) bond motifs is 1. The molecule has 1 aliphatic carbocycles. The van der Waals surface area contributed by atoms with Crippen LogP contribution in [0.5, 0.6) is 0 Å². The predicted molar refractivity (Wildman–Crippen MR) is 89.6 cm³/mol. The number of aromatic nitrogens is 4. The van der Waals surface area contributed by atoms with Crippen LogP contribution < -0.4 is 5.32 Å². The van der Waals surface area contributed by atoms with Crippen molar-refractivity contribution in [2.24, 2.45) is 0 Å². The summed E-state index contributed by atoms with van der Waals surface area (Å²) in [7, 11) is 0. The number of rotatable bonds is 3. The number of hydrogen-bond donors (Lipinski definition) is 1. The summed E-state index contributed by atoms with van der Waals surface area (Å²) in [6.07, 6.45) is 7.95. The molecular weight excluding hydrogens is 318 g/mol. The lowest BCUT2D eigenvalue weighted by Crippen LogP contribution is -2.31. The molecule has 0 spiro atoms. The zero-order valence-corrected chi connectivity index (χ0v) is 13.8. The topological polar surface area (TPSA) is 93.8 Å².